The molecule has 0 amide bonds. The normalized spacial score (nSPS) is 13.1. The predicted octanol–water partition coefficient (Wildman–Crippen LogP) is 13.5. The summed E-state index contributed by atoms with van der Waals surface area (Å²) in [5.74, 6) is 5.71. The van der Waals surface area contributed by atoms with Gasteiger partial charge in [-0.2, -0.15) is 0 Å². The minimum absolute atomic E-state index is 0.0208. The highest BCUT2D eigenvalue weighted by Gasteiger charge is 2.30. The molecule has 1 atom stereocenters. The van der Waals surface area contributed by atoms with Crippen molar-refractivity contribution in [3.8, 4) is 39.9 Å². The number of para-hydroxylation sites is 1. The van der Waals surface area contributed by atoms with Crippen LogP contribution in [0.3, 0.4) is 0 Å². The van der Waals surface area contributed by atoms with Crippen LogP contribution in [0.1, 0.15) is 75.3 Å². The Labute approximate surface area is 391 Å². The van der Waals surface area contributed by atoms with Crippen molar-refractivity contribution in [1.29, 1.82) is 0 Å². The first-order chi connectivity index (χ1) is 32.1. The molecule has 0 aliphatic heterocycles. The average molecular weight is 886 g/mol. The first-order valence-corrected chi connectivity index (χ1v) is 22.2. The summed E-state index contributed by atoms with van der Waals surface area (Å²) in [6.07, 6.45) is 33.2. The van der Waals surface area contributed by atoms with E-state index in [1.165, 1.54) is 0 Å². The minimum Gasteiger partial charge on any atom is -0.505 e. The molecule has 9 N–H and O–H groups in total. The van der Waals surface area contributed by atoms with Crippen molar-refractivity contribution in [3.05, 3.63) is 205 Å². The SMILES string of the molecule is C/C=C\C=C/CC.C=C/C=C(\C=C/C)C(NCc1c(O)c(O)c(O)c(-n2c(-c3cc4ccn(C5=CCCC=C5)c4cc3C)c(C)c3ccccc32)c1O)c1ccccc1.C=C/C=C\C.NN. The van der Waals surface area contributed by atoms with Crippen LogP contribution in [-0.2, 0) is 6.54 Å². The largest absolute Gasteiger partial charge is 0.505 e. The molecule has 0 fully saturated rings. The number of nitrogens with one attached hydrogen (secondary N) is 1. The molecule has 7 rings (SSSR count). The van der Waals surface area contributed by atoms with Crippen LogP contribution in [-0.4, -0.2) is 29.6 Å². The number of aromatic hydroxyl groups is 4. The van der Waals surface area contributed by atoms with Gasteiger partial charge in [-0.1, -0.05) is 148 Å². The number of fused-ring (bicyclic) bond motifs is 2. The van der Waals surface area contributed by atoms with Crippen LogP contribution in [0.15, 0.2) is 183 Å². The zero-order chi connectivity index (χ0) is 48.2. The Morgan fingerprint density at radius 2 is 1.50 bits per heavy atom. The topological polar surface area (TPSA) is 155 Å². The van der Waals surface area contributed by atoms with Crippen LogP contribution < -0.4 is 17.0 Å². The van der Waals surface area contributed by atoms with Crippen LogP contribution in [0.2, 0.25) is 0 Å². The van der Waals surface area contributed by atoms with E-state index in [2.05, 4.69) is 103 Å². The molecule has 66 heavy (non-hydrogen) atoms. The number of rotatable bonds is 13. The molecular weight excluding hydrogens is 819 g/mol. The lowest BCUT2D eigenvalue weighted by Crippen LogP contribution is -2.22. The van der Waals surface area contributed by atoms with E-state index in [4.69, 9.17) is 0 Å². The van der Waals surface area contributed by atoms with Crippen molar-refractivity contribution < 1.29 is 20.4 Å². The Bertz CT molecular complexity index is 2790. The van der Waals surface area contributed by atoms with E-state index in [0.717, 1.165) is 80.3 Å². The quantitative estimate of drug-likeness (QED) is 0.0200. The molecule has 2 aromatic heterocycles. The molecule has 0 saturated heterocycles. The van der Waals surface area contributed by atoms with Gasteiger partial charge in [-0.25, -0.2) is 0 Å². The van der Waals surface area contributed by atoms with Crippen LogP contribution in [0.4, 0.5) is 0 Å². The smallest absolute Gasteiger partial charge is 0.203 e. The number of nitrogens with zero attached hydrogens (tertiary/aromatic N) is 2. The summed E-state index contributed by atoms with van der Waals surface area (Å²) in [6.45, 7) is 19.4. The fourth-order valence-corrected chi connectivity index (χ4v) is 7.93. The molecule has 0 spiro atoms. The van der Waals surface area contributed by atoms with Gasteiger partial charge in [0.25, 0.3) is 0 Å². The zero-order valence-corrected chi connectivity index (χ0v) is 39.2. The zero-order valence-electron chi connectivity index (χ0n) is 39.2. The summed E-state index contributed by atoms with van der Waals surface area (Å²) < 4.78 is 4.00. The van der Waals surface area contributed by atoms with E-state index in [-0.39, 0.29) is 29.6 Å². The molecule has 9 nitrogen and oxygen atoms in total. The van der Waals surface area contributed by atoms with E-state index in [1.807, 2.05) is 125 Å². The Balaban J connectivity index is 0.000000597. The van der Waals surface area contributed by atoms with Gasteiger partial charge in [0.2, 0.25) is 5.75 Å². The van der Waals surface area contributed by atoms with Gasteiger partial charge >= 0.3 is 0 Å². The van der Waals surface area contributed by atoms with Crippen molar-refractivity contribution in [3.63, 3.8) is 0 Å². The minimum atomic E-state index is -0.712. The monoisotopic (exact) mass is 886 g/mol. The van der Waals surface area contributed by atoms with Gasteiger partial charge in [0.15, 0.2) is 17.2 Å². The molecule has 0 saturated carbocycles. The maximum Gasteiger partial charge on any atom is 0.203 e. The lowest BCUT2D eigenvalue weighted by atomic mass is 9.97. The molecule has 9 heteroatoms. The van der Waals surface area contributed by atoms with Crippen LogP contribution in [0.25, 0.3) is 44.4 Å². The number of hydrogen-bond donors (Lipinski definition) is 7. The molecule has 1 aliphatic rings. The second kappa shape index (κ2) is 25.9. The van der Waals surface area contributed by atoms with Crippen LogP contribution >= 0.6 is 0 Å². The maximum atomic E-state index is 12.1. The highest BCUT2D eigenvalue weighted by atomic mass is 16.3. The van der Waals surface area contributed by atoms with Crippen molar-refractivity contribution in [2.24, 2.45) is 11.7 Å². The molecule has 344 valence electrons. The average Bonchev–Trinajstić information content (AvgIpc) is 3.88. The number of phenols is 4. The van der Waals surface area contributed by atoms with Crippen LogP contribution in [0.5, 0.6) is 23.0 Å². The lowest BCUT2D eigenvalue weighted by molar-refractivity contribution is 0.353. The number of nitrogens with two attached hydrogens (primary N) is 2. The summed E-state index contributed by atoms with van der Waals surface area (Å²) in [4.78, 5) is 0. The number of benzene rings is 4. The second-order valence-corrected chi connectivity index (χ2v) is 15.3. The predicted molar refractivity (Wildman–Crippen MR) is 280 cm³/mol. The van der Waals surface area contributed by atoms with Gasteiger partial charge in [-0.15, -0.1) is 0 Å². The van der Waals surface area contributed by atoms with Crippen LogP contribution in [0, 0.1) is 13.8 Å². The summed E-state index contributed by atoms with van der Waals surface area (Å²) in [5.41, 5.74) is 8.45. The van der Waals surface area contributed by atoms with Crippen molar-refractivity contribution in [2.45, 2.75) is 73.4 Å². The molecular formula is C57H67N5O4. The molecule has 0 bridgehead atoms. The van der Waals surface area contributed by atoms with Gasteiger partial charge < -0.3 is 34.9 Å². The fraction of sp³-hybridized carbons (Fsp3) is 0.193. The molecule has 4 aromatic carbocycles. The Kier molecular flexibility index (Phi) is 20.1. The van der Waals surface area contributed by atoms with E-state index < -0.39 is 17.2 Å². The second-order valence-electron chi connectivity index (χ2n) is 15.3. The number of aromatic nitrogens is 2. The standard InChI is InChI=1S/C45H43N3O4.C7H12.C5H8.H4N2/c1-5-15-30(16-6-2)39(31-17-9-7-10-18-31)46-27-36-42(49)41(44(51)45(52)43(36)50)48-37-22-14-13-21-34(37)29(4)40(48)35-26-32-23-24-47(38(32)25-28(35)3)33-19-11-8-12-20-33;1-3-5-7-6-4-2;1-3-5-4-2;1-2/h5-7,9-11,13-26,39,46,49-52H,1,8,12,27H2,2-4H3;3,5-7H,4H2,1-2H3;3-5H,1H2,2H3;1-2H2/b16-6-,30-15+;5-3-,7-6-;5-4-;. The first kappa shape index (κ1) is 51.3. The highest BCUT2D eigenvalue weighted by Crippen LogP contribution is 2.52. The molecule has 1 unspecified atom stereocenters. The highest BCUT2D eigenvalue weighted by molar-refractivity contribution is 5.98. The van der Waals surface area contributed by atoms with Gasteiger partial charge in [-0.05, 0) is 106 Å². The Morgan fingerprint density at radius 3 is 2.12 bits per heavy atom. The molecule has 0 radical (unpaired) electrons. The summed E-state index contributed by atoms with van der Waals surface area (Å²) >= 11 is 0. The number of aryl methyl sites for hydroxylation is 2. The van der Waals surface area contributed by atoms with Gasteiger partial charge in [0.1, 0.15) is 5.69 Å². The number of hydrazine groups is 1. The van der Waals surface area contributed by atoms with Gasteiger partial charge in [0, 0.05) is 34.8 Å². The molecule has 2 heterocycles. The summed E-state index contributed by atoms with van der Waals surface area (Å²) in [6, 6.07) is 23.7. The number of phenolic OH excluding ortho intramolecular Hbond substituents is 4. The number of hydrogen-bond acceptors (Lipinski definition) is 7. The lowest BCUT2D eigenvalue weighted by Gasteiger charge is -2.23. The van der Waals surface area contributed by atoms with E-state index in [1.54, 1.807) is 16.7 Å². The third-order valence-electron chi connectivity index (χ3n) is 11.0. The Morgan fingerprint density at radius 1 is 0.788 bits per heavy atom. The summed E-state index contributed by atoms with van der Waals surface area (Å²) in [5, 5.41) is 51.7. The van der Waals surface area contributed by atoms with E-state index in [0.29, 0.717) is 0 Å². The number of allylic oxidation sites excluding steroid dienone is 14. The molecule has 1 aliphatic carbocycles. The fourth-order valence-electron chi connectivity index (χ4n) is 7.93. The molecule has 6 aromatic rings. The third kappa shape index (κ3) is 11.9. The first-order valence-electron chi connectivity index (χ1n) is 22.2. The van der Waals surface area contributed by atoms with Gasteiger partial charge in [0.05, 0.1) is 28.3 Å². The maximum absolute atomic E-state index is 12.1. The summed E-state index contributed by atoms with van der Waals surface area (Å²) in [7, 11) is 0. The van der Waals surface area contributed by atoms with E-state index >= 15 is 0 Å². The Hall–Kier alpha value is -7.30. The van der Waals surface area contributed by atoms with E-state index in [9.17, 15) is 20.4 Å². The van der Waals surface area contributed by atoms with Gasteiger partial charge in [-0.3, -0.25) is 11.7 Å². The van der Waals surface area contributed by atoms with Crippen molar-refractivity contribution in [2.75, 3.05) is 0 Å². The third-order valence-corrected chi connectivity index (χ3v) is 11.0. The van der Waals surface area contributed by atoms with Crippen molar-refractivity contribution in [1.82, 2.24) is 14.5 Å². The van der Waals surface area contributed by atoms with Crippen molar-refractivity contribution >= 4 is 27.5 Å².